The van der Waals surface area contributed by atoms with Crippen LogP contribution in [-0.2, 0) is 0 Å². The van der Waals surface area contributed by atoms with Gasteiger partial charge in [0.1, 0.15) is 0 Å². The van der Waals surface area contributed by atoms with Crippen molar-refractivity contribution in [2.75, 3.05) is 6.61 Å². The zero-order valence-corrected chi connectivity index (χ0v) is 8.71. The SMILES string of the molecule is CCCCCC(O)CC.CCO. The second kappa shape index (κ2) is 13.5. The van der Waals surface area contributed by atoms with Crippen molar-refractivity contribution >= 4 is 0 Å². The predicted octanol–water partition coefficient (Wildman–Crippen LogP) is 2.34. The summed E-state index contributed by atoms with van der Waals surface area (Å²) in [6.07, 6.45) is 5.55. The van der Waals surface area contributed by atoms with Gasteiger partial charge in [0.05, 0.1) is 6.10 Å². The van der Waals surface area contributed by atoms with Crippen LogP contribution in [0.25, 0.3) is 0 Å². The van der Waals surface area contributed by atoms with E-state index in [4.69, 9.17) is 10.2 Å². The maximum atomic E-state index is 9.08. The zero-order chi connectivity index (χ0) is 9.82. The number of rotatable bonds is 5. The first-order valence-corrected chi connectivity index (χ1v) is 5.01. The van der Waals surface area contributed by atoms with Crippen molar-refractivity contribution in [3.05, 3.63) is 0 Å². The maximum absolute atomic E-state index is 9.08. The Bertz CT molecular complexity index is 64.9. The highest BCUT2D eigenvalue weighted by Crippen LogP contribution is 2.04. The Labute approximate surface area is 76.6 Å². The quantitative estimate of drug-likeness (QED) is 0.631. The molecule has 0 aromatic heterocycles. The molecule has 0 saturated heterocycles. The van der Waals surface area contributed by atoms with Crippen molar-refractivity contribution in [2.24, 2.45) is 0 Å². The van der Waals surface area contributed by atoms with E-state index >= 15 is 0 Å². The number of aliphatic hydroxyl groups is 2. The van der Waals surface area contributed by atoms with Crippen LogP contribution in [0.1, 0.15) is 52.9 Å². The van der Waals surface area contributed by atoms with E-state index in [0.29, 0.717) is 0 Å². The first kappa shape index (κ1) is 14.4. The third-order valence-corrected chi connectivity index (χ3v) is 1.61. The maximum Gasteiger partial charge on any atom is 0.0537 e. The lowest BCUT2D eigenvalue weighted by Gasteiger charge is -2.04. The molecule has 0 aliphatic carbocycles. The summed E-state index contributed by atoms with van der Waals surface area (Å²) in [5.74, 6) is 0. The van der Waals surface area contributed by atoms with E-state index in [1.165, 1.54) is 19.3 Å². The molecule has 0 aromatic carbocycles. The smallest absolute Gasteiger partial charge is 0.0537 e. The lowest BCUT2D eigenvalue weighted by Crippen LogP contribution is -2.02. The summed E-state index contributed by atoms with van der Waals surface area (Å²) < 4.78 is 0. The van der Waals surface area contributed by atoms with E-state index in [1.807, 2.05) is 6.92 Å². The van der Waals surface area contributed by atoms with Crippen LogP contribution in [0.3, 0.4) is 0 Å². The van der Waals surface area contributed by atoms with Crippen molar-refractivity contribution in [1.82, 2.24) is 0 Å². The molecule has 0 rings (SSSR count). The van der Waals surface area contributed by atoms with E-state index in [0.717, 1.165) is 12.8 Å². The molecule has 12 heavy (non-hydrogen) atoms. The van der Waals surface area contributed by atoms with Crippen LogP contribution in [0.4, 0.5) is 0 Å². The Balaban J connectivity index is 0. The lowest BCUT2D eigenvalue weighted by molar-refractivity contribution is 0.156. The van der Waals surface area contributed by atoms with Gasteiger partial charge in [-0.25, -0.2) is 0 Å². The highest BCUT2D eigenvalue weighted by molar-refractivity contribution is 4.51. The van der Waals surface area contributed by atoms with Gasteiger partial charge in [0, 0.05) is 6.61 Å². The standard InChI is InChI=1S/C8H18O.C2H6O/c1-3-5-6-7-8(9)4-2;1-2-3/h8-9H,3-7H2,1-2H3;3H,2H2,1H3. The molecule has 2 heteroatoms. The van der Waals surface area contributed by atoms with Crippen LogP contribution >= 0.6 is 0 Å². The lowest BCUT2D eigenvalue weighted by atomic mass is 10.1. The molecule has 1 atom stereocenters. The largest absolute Gasteiger partial charge is 0.397 e. The van der Waals surface area contributed by atoms with E-state index in [9.17, 15) is 0 Å². The molecule has 2 N–H and O–H groups in total. The molecular weight excluding hydrogens is 152 g/mol. The van der Waals surface area contributed by atoms with Gasteiger partial charge in [-0.1, -0.05) is 33.1 Å². The van der Waals surface area contributed by atoms with Crippen LogP contribution < -0.4 is 0 Å². The van der Waals surface area contributed by atoms with Gasteiger partial charge in [0.15, 0.2) is 0 Å². The summed E-state index contributed by atoms with van der Waals surface area (Å²) in [4.78, 5) is 0. The minimum Gasteiger partial charge on any atom is -0.397 e. The van der Waals surface area contributed by atoms with Gasteiger partial charge in [-0.15, -0.1) is 0 Å². The molecule has 0 aliphatic rings. The molecule has 0 spiro atoms. The van der Waals surface area contributed by atoms with Crippen LogP contribution in [0.2, 0.25) is 0 Å². The monoisotopic (exact) mass is 176 g/mol. The minimum absolute atomic E-state index is 0.0449. The number of unbranched alkanes of at least 4 members (excludes halogenated alkanes) is 2. The molecule has 0 fully saturated rings. The number of hydrogen-bond acceptors (Lipinski definition) is 2. The Morgan fingerprint density at radius 2 is 1.58 bits per heavy atom. The molecule has 0 aromatic rings. The van der Waals surface area contributed by atoms with E-state index in [2.05, 4.69) is 6.92 Å². The summed E-state index contributed by atoms with van der Waals surface area (Å²) in [6, 6.07) is 0. The average Bonchev–Trinajstić information content (AvgIpc) is 2.06. The minimum atomic E-state index is -0.0449. The number of aliphatic hydroxyl groups excluding tert-OH is 2. The first-order chi connectivity index (χ1) is 5.72. The molecule has 0 amide bonds. The summed E-state index contributed by atoms with van der Waals surface area (Å²) in [5.41, 5.74) is 0. The second-order valence-electron chi connectivity index (χ2n) is 2.87. The van der Waals surface area contributed by atoms with Gasteiger partial charge >= 0.3 is 0 Å². The highest BCUT2D eigenvalue weighted by atomic mass is 16.3. The van der Waals surface area contributed by atoms with Gasteiger partial charge in [-0.2, -0.15) is 0 Å². The van der Waals surface area contributed by atoms with Crippen molar-refractivity contribution in [2.45, 2.75) is 59.0 Å². The van der Waals surface area contributed by atoms with Gasteiger partial charge in [0.2, 0.25) is 0 Å². The summed E-state index contributed by atoms with van der Waals surface area (Å²) in [6.45, 7) is 6.13. The van der Waals surface area contributed by atoms with Gasteiger partial charge in [-0.3, -0.25) is 0 Å². The molecule has 0 saturated carbocycles. The van der Waals surface area contributed by atoms with Gasteiger partial charge in [-0.05, 0) is 19.8 Å². The van der Waals surface area contributed by atoms with Crippen LogP contribution in [0.15, 0.2) is 0 Å². The van der Waals surface area contributed by atoms with Crippen molar-refractivity contribution in [3.8, 4) is 0 Å². The Kier molecular flexibility index (Phi) is 16.3. The van der Waals surface area contributed by atoms with Crippen molar-refractivity contribution in [1.29, 1.82) is 0 Å². The van der Waals surface area contributed by atoms with Crippen LogP contribution in [-0.4, -0.2) is 22.9 Å². The Morgan fingerprint density at radius 3 is 1.92 bits per heavy atom. The highest BCUT2D eigenvalue weighted by Gasteiger charge is 1.97. The number of hydrogen-bond donors (Lipinski definition) is 2. The third-order valence-electron chi connectivity index (χ3n) is 1.61. The fourth-order valence-electron chi connectivity index (χ4n) is 0.834. The summed E-state index contributed by atoms with van der Waals surface area (Å²) in [7, 11) is 0. The molecule has 1 unspecified atom stereocenters. The second-order valence-corrected chi connectivity index (χ2v) is 2.87. The van der Waals surface area contributed by atoms with Crippen LogP contribution in [0, 0.1) is 0 Å². The first-order valence-electron chi connectivity index (χ1n) is 5.01. The van der Waals surface area contributed by atoms with Gasteiger partial charge in [0.25, 0.3) is 0 Å². The molecule has 76 valence electrons. The molecule has 0 heterocycles. The molecule has 2 nitrogen and oxygen atoms in total. The van der Waals surface area contributed by atoms with E-state index in [-0.39, 0.29) is 12.7 Å². The molecule has 0 radical (unpaired) electrons. The van der Waals surface area contributed by atoms with Crippen LogP contribution in [0.5, 0.6) is 0 Å². The Hall–Kier alpha value is -0.0800. The molecule has 0 aliphatic heterocycles. The predicted molar refractivity (Wildman–Crippen MR) is 53.2 cm³/mol. The van der Waals surface area contributed by atoms with Crippen molar-refractivity contribution in [3.63, 3.8) is 0 Å². The Morgan fingerprint density at radius 1 is 1.08 bits per heavy atom. The fraction of sp³-hybridized carbons (Fsp3) is 1.00. The van der Waals surface area contributed by atoms with E-state index < -0.39 is 0 Å². The van der Waals surface area contributed by atoms with E-state index in [1.54, 1.807) is 6.92 Å². The van der Waals surface area contributed by atoms with Crippen molar-refractivity contribution < 1.29 is 10.2 Å². The van der Waals surface area contributed by atoms with Gasteiger partial charge < -0.3 is 10.2 Å². The molecular formula is C10H24O2. The summed E-state index contributed by atoms with van der Waals surface area (Å²) >= 11 is 0. The third kappa shape index (κ3) is 16.5. The summed E-state index contributed by atoms with van der Waals surface area (Å²) in [5, 5.41) is 16.7. The normalized spacial score (nSPS) is 11.8. The fourth-order valence-corrected chi connectivity index (χ4v) is 0.834. The zero-order valence-electron chi connectivity index (χ0n) is 8.71. The topological polar surface area (TPSA) is 40.5 Å². The molecule has 0 bridgehead atoms. The average molecular weight is 176 g/mol.